The SMILES string of the molecule is C[C@H]1COC(C(C)(C)[C@@H]2N[C@@H](C)CO2)N1. The average Bonchev–Trinajstić information content (AvgIpc) is 2.74. The van der Waals surface area contributed by atoms with Crippen molar-refractivity contribution in [1.82, 2.24) is 10.6 Å². The van der Waals surface area contributed by atoms with Crippen molar-refractivity contribution in [3.63, 3.8) is 0 Å². The van der Waals surface area contributed by atoms with Crippen molar-refractivity contribution in [2.45, 2.75) is 52.2 Å². The van der Waals surface area contributed by atoms with Gasteiger partial charge in [0.05, 0.1) is 13.2 Å². The third-order valence-electron chi connectivity index (χ3n) is 3.25. The van der Waals surface area contributed by atoms with E-state index in [-0.39, 0.29) is 17.9 Å². The summed E-state index contributed by atoms with van der Waals surface area (Å²) >= 11 is 0. The van der Waals surface area contributed by atoms with Crippen molar-refractivity contribution >= 4 is 0 Å². The van der Waals surface area contributed by atoms with Crippen LogP contribution in [-0.2, 0) is 9.47 Å². The van der Waals surface area contributed by atoms with Crippen molar-refractivity contribution in [2.75, 3.05) is 13.2 Å². The second-order valence-corrected chi connectivity index (χ2v) is 5.38. The van der Waals surface area contributed by atoms with Gasteiger partial charge in [0, 0.05) is 17.5 Å². The van der Waals surface area contributed by atoms with Crippen LogP contribution < -0.4 is 10.6 Å². The Morgan fingerprint density at radius 3 is 1.60 bits per heavy atom. The molecule has 2 fully saturated rings. The Kier molecular flexibility index (Phi) is 3.03. The van der Waals surface area contributed by atoms with E-state index in [1.807, 2.05) is 0 Å². The first kappa shape index (κ1) is 11.3. The molecule has 0 bridgehead atoms. The molecule has 0 spiro atoms. The molecule has 1 unspecified atom stereocenters. The predicted molar refractivity (Wildman–Crippen MR) is 58.5 cm³/mol. The minimum atomic E-state index is -0.0461. The molecule has 2 aliphatic heterocycles. The molecule has 2 saturated heterocycles. The summed E-state index contributed by atoms with van der Waals surface area (Å²) < 4.78 is 11.5. The summed E-state index contributed by atoms with van der Waals surface area (Å²) in [5, 5.41) is 6.89. The highest BCUT2D eigenvalue weighted by Crippen LogP contribution is 2.32. The van der Waals surface area contributed by atoms with Crippen molar-refractivity contribution in [1.29, 1.82) is 0 Å². The Balaban J connectivity index is 1.99. The lowest BCUT2D eigenvalue weighted by Gasteiger charge is -2.35. The lowest BCUT2D eigenvalue weighted by Crippen LogP contribution is -2.52. The molecule has 15 heavy (non-hydrogen) atoms. The van der Waals surface area contributed by atoms with Gasteiger partial charge in [0.25, 0.3) is 0 Å². The van der Waals surface area contributed by atoms with Crippen LogP contribution in [0.15, 0.2) is 0 Å². The molecule has 0 aromatic carbocycles. The first-order valence-electron chi connectivity index (χ1n) is 5.75. The molecule has 4 atom stereocenters. The van der Waals surface area contributed by atoms with Crippen molar-refractivity contribution < 1.29 is 9.47 Å². The number of nitrogens with one attached hydrogen (secondary N) is 2. The predicted octanol–water partition coefficient (Wildman–Crippen LogP) is 0.681. The second kappa shape index (κ2) is 4.01. The van der Waals surface area contributed by atoms with E-state index >= 15 is 0 Å². The number of hydrogen-bond donors (Lipinski definition) is 2. The molecular formula is C11H22N2O2. The van der Waals surface area contributed by atoms with Crippen LogP contribution in [0.25, 0.3) is 0 Å². The minimum absolute atomic E-state index is 0.0461. The largest absolute Gasteiger partial charge is 0.361 e. The lowest BCUT2D eigenvalue weighted by molar-refractivity contribution is -0.0828. The lowest BCUT2D eigenvalue weighted by atomic mass is 9.88. The number of ether oxygens (including phenoxy) is 2. The Morgan fingerprint density at radius 2 is 1.33 bits per heavy atom. The molecule has 0 saturated carbocycles. The fraction of sp³-hybridized carbons (Fsp3) is 1.00. The standard InChI is InChI=1S/C11H22N2O2/c1-7-5-14-9(12-7)11(3,4)10-13-8(2)6-15-10/h7-10,12-13H,5-6H2,1-4H3/t7-,8-,9+,10?/m0/s1. The second-order valence-electron chi connectivity index (χ2n) is 5.38. The molecule has 0 aliphatic carbocycles. The zero-order valence-electron chi connectivity index (χ0n) is 10.0. The van der Waals surface area contributed by atoms with Crippen LogP contribution in [0.1, 0.15) is 27.7 Å². The summed E-state index contributed by atoms with van der Waals surface area (Å²) in [6.07, 6.45) is 0.158. The van der Waals surface area contributed by atoms with E-state index in [1.165, 1.54) is 0 Å². The normalized spacial score (nSPS) is 42.4. The molecule has 0 amide bonds. The minimum Gasteiger partial charge on any atom is -0.361 e. The van der Waals surface area contributed by atoms with Crippen molar-refractivity contribution in [2.24, 2.45) is 5.41 Å². The van der Waals surface area contributed by atoms with Crippen LogP contribution in [0.2, 0.25) is 0 Å². The van der Waals surface area contributed by atoms with Gasteiger partial charge in [-0.2, -0.15) is 0 Å². The first-order chi connectivity index (χ1) is 7.00. The van der Waals surface area contributed by atoms with Gasteiger partial charge in [0.2, 0.25) is 0 Å². The third-order valence-corrected chi connectivity index (χ3v) is 3.25. The van der Waals surface area contributed by atoms with E-state index in [0.717, 1.165) is 13.2 Å². The van der Waals surface area contributed by atoms with Crippen LogP contribution in [0, 0.1) is 5.41 Å². The zero-order chi connectivity index (χ0) is 11.1. The summed E-state index contributed by atoms with van der Waals surface area (Å²) in [5.74, 6) is 0. The fourth-order valence-corrected chi connectivity index (χ4v) is 2.19. The van der Waals surface area contributed by atoms with Gasteiger partial charge in [-0.05, 0) is 13.8 Å². The van der Waals surface area contributed by atoms with E-state index in [2.05, 4.69) is 38.3 Å². The van der Waals surface area contributed by atoms with E-state index in [0.29, 0.717) is 12.1 Å². The van der Waals surface area contributed by atoms with Gasteiger partial charge in [-0.15, -0.1) is 0 Å². The Labute approximate surface area is 91.7 Å². The molecule has 2 rings (SSSR count). The van der Waals surface area contributed by atoms with E-state index < -0.39 is 0 Å². The average molecular weight is 214 g/mol. The van der Waals surface area contributed by atoms with Gasteiger partial charge >= 0.3 is 0 Å². The van der Waals surface area contributed by atoms with Gasteiger partial charge in [-0.3, -0.25) is 10.6 Å². The van der Waals surface area contributed by atoms with Crippen LogP contribution >= 0.6 is 0 Å². The third kappa shape index (κ3) is 2.18. The highest BCUT2D eigenvalue weighted by Gasteiger charge is 2.44. The molecule has 88 valence electrons. The van der Waals surface area contributed by atoms with E-state index in [1.54, 1.807) is 0 Å². The Hall–Kier alpha value is -0.160. The number of hydrogen-bond acceptors (Lipinski definition) is 4. The molecule has 0 radical (unpaired) electrons. The highest BCUT2D eigenvalue weighted by molar-refractivity contribution is 4.92. The molecule has 2 N–H and O–H groups in total. The van der Waals surface area contributed by atoms with Crippen LogP contribution in [0.5, 0.6) is 0 Å². The van der Waals surface area contributed by atoms with Crippen LogP contribution in [0.4, 0.5) is 0 Å². The van der Waals surface area contributed by atoms with Gasteiger partial charge in [-0.1, -0.05) is 13.8 Å². The van der Waals surface area contributed by atoms with E-state index in [9.17, 15) is 0 Å². The Morgan fingerprint density at radius 1 is 0.933 bits per heavy atom. The fourth-order valence-electron chi connectivity index (χ4n) is 2.19. The molecule has 4 nitrogen and oxygen atoms in total. The van der Waals surface area contributed by atoms with E-state index in [4.69, 9.17) is 9.47 Å². The molecular weight excluding hydrogens is 192 g/mol. The first-order valence-corrected chi connectivity index (χ1v) is 5.75. The topological polar surface area (TPSA) is 42.5 Å². The van der Waals surface area contributed by atoms with Gasteiger partial charge in [0.15, 0.2) is 0 Å². The van der Waals surface area contributed by atoms with Gasteiger partial charge in [0.1, 0.15) is 12.5 Å². The van der Waals surface area contributed by atoms with Crippen LogP contribution in [0.3, 0.4) is 0 Å². The summed E-state index contributed by atoms with van der Waals surface area (Å²) in [5.41, 5.74) is -0.0461. The smallest absolute Gasteiger partial charge is 0.117 e. The summed E-state index contributed by atoms with van der Waals surface area (Å²) in [6, 6.07) is 0.876. The summed E-state index contributed by atoms with van der Waals surface area (Å²) in [4.78, 5) is 0. The Bertz CT molecular complexity index is 211. The quantitative estimate of drug-likeness (QED) is 0.709. The number of rotatable bonds is 2. The highest BCUT2D eigenvalue weighted by atomic mass is 16.5. The monoisotopic (exact) mass is 214 g/mol. The molecule has 2 heterocycles. The maximum atomic E-state index is 5.75. The van der Waals surface area contributed by atoms with Crippen molar-refractivity contribution in [3.8, 4) is 0 Å². The van der Waals surface area contributed by atoms with Crippen LogP contribution in [-0.4, -0.2) is 37.8 Å². The maximum absolute atomic E-state index is 5.75. The molecule has 0 aromatic rings. The van der Waals surface area contributed by atoms with Gasteiger partial charge < -0.3 is 9.47 Å². The molecule has 0 aromatic heterocycles. The zero-order valence-corrected chi connectivity index (χ0v) is 10.0. The summed E-state index contributed by atoms with van der Waals surface area (Å²) in [6.45, 7) is 10.2. The van der Waals surface area contributed by atoms with Gasteiger partial charge in [-0.25, -0.2) is 0 Å². The molecule has 2 aliphatic rings. The molecule has 4 heteroatoms. The summed E-state index contributed by atoms with van der Waals surface area (Å²) in [7, 11) is 0. The van der Waals surface area contributed by atoms with Crippen molar-refractivity contribution in [3.05, 3.63) is 0 Å². The maximum Gasteiger partial charge on any atom is 0.117 e.